The lowest BCUT2D eigenvalue weighted by atomic mass is 10.2. The summed E-state index contributed by atoms with van der Waals surface area (Å²) in [6.07, 6.45) is 2.03. The number of hydrogen-bond acceptors (Lipinski definition) is 4. The Kier molecular flexibility index (Phi) is 11.9. The second-order valence-corrected chi connectivity index (χ2v) is 5.98. The van der Waals surface area contributed by atoms with E-state index in [1.807, 2.05) is 6.26 Å². The number of nitrogens with one attached hydrogen (secondary N) is 2. The number of nitrogens with zero attached hydrogens (tertiary/aromatic N) is 1. The maximum Gasteiger partial charge on any atom is 0.387 e. The normalized spacial score (nSPS) is 12.4. The van der Waals surface area contributed by atoms with Crippen LogP contribution >= 0.6 is 35.7 Å². The van der Waals surface area contributed by atoms with Gasteiger partial charge in [-0.3, -0.25) is 4.99 Å². The van der Waals surface area contributed by atoms with E-state index >= 15 is 0 Å². The maximum atomic E-state index is 12.5. The first-order chi connectivity index (χ1) is 11.0. The molecule has 0 bridgehead atoms. The van der Waals surface area contributed by atoms with Gasteiger partial charge < -0.3 is 20.1 Å². The molecule has 9 heteroatoms. The standard InChI is InChI=1S/C15H23F2N3O2S.HI/c1-10(23-4)8-19-15(18-2)20-9-11-7-12(21-3)5-6-13(11)22-14(16)17;/h5-7,10,14H,8-9H2,1-4H3,(H2,18,19,20);1H. The van der Waals surface area contributed by atoms with E-state index in [1.165, 1.54) is 13.2 Å². The molecule has 0 saturated heterocycles. The third-order valence-electron chi connectivity index (χ3n) is 3.11. The predicted octanol–water partition coefficient (Wildman–Crippen LogP) is 3.33. The summed E-state index contributed by atoms with van der Waals surface area (Å²) in [5, 5.41) is 6.69. The minimum atomic E-state index is -2.87. The van der Waals surface area contributed by atoms with Crippen molar-refractivity contribution in [3.8, 4) is 11.5 Å². The Hall–Kier alpha value is -0.970. The Bertz CT molecular complexity index is 521. The van der Waals surface area contributed by atoms with E-state index in [0.29, 0.717) is 22.5 Å². The van der Waals surface area contributed by atoms with Crippen molar-refractivity contribution in [2.75, 3.05) is 27.0 Å². The van der Waals surface area contributed by atoms with E-state index in [0.717, 1.165) is 6.54 Å². The SMILES string of the molecule is CN=C(NCc1cc(OC)ccc1OC(F)F)NCC(C)SC.I. The smallest absolute Gasteiger partial charge is 0.387 e. The third kappa shape index (κ3) is 8.22. The minimum Gasteiger partial charge on any atom is -0.497 e. The van der Waals surface area contributed by atoms with Gasteiger partial charge in [-0.2, -0.15) is 20.5 Å². The molecule has 1 atom stereocenters. The average molecular weight is 475 g/mol. The van der Waals surface area contributed by atoms with Crippen LogP contribution in [0.4, 0.5) is 8.78 Å². The monoisotopic (exact) mass is 475 g/mol. The maximum absolute atomic E-state index is 12.5. The van der Waals surface area contributed by atoms with Gasteiger partial charge in [-0.25, -0.2) is 0 Å². The highest BCUT2D eigenvalue weighted by Gasteiger charge is 2.11. The first-order valence-corrected chi connectivity index (χ1v) is 8.38. The number of aliphatic imine (C=N–C) groups is 1. The highest BCUT2D eigenvalue weighted by Crippen LogP contribution is 2.25. The molecule has 24 heavy (non-hydrogen) atoms. The highest BCUT2D eigenvalue weighted by molar-refractivity contribution is 14.0. The van der Waals surface area contributed by atoms with Gasteiger partial charge in [0, 0.05) is 31.0 Å². The molecule has 5 nitrogen and oxygen atoms in total. The molecule has 0 radical (unpaired) electrons. The zero-order valence-electron chi connectivity index (χ0n) is 14.1. The van der Waals surface area contributed by atoms with Crippen molar-refractivity contribution < 1.29 is 18.3 Å². The summed E-state index contributed by atoms with van der Waals surface area (Å²) in [5.41, 5.74) is 0.561. The van der Waals surface area contributed by atoms with E-state index < -0.39 is 6.61 Å². The van der Waals surface area contributed by atoms with E-state index in [-0.39, 0.29) is 36.3 Å². The Balaban J connectivity index is 0.00000529. The zero-order valence-corrected chi connectivity index (χ0v) is 17.3. The first-order valence-electron chi connectivity index (χ1n) is 7.09. The summed E-state index contributed by atoms with van der Waals surface area (Å²) in [5.74, 6) is 1.28. The van der Waals surface area contributed by atoms with E-state index in [1.54, 1.807) is 30.9 Å². The molecule has 0 heterocycles. The van der Waals surface area contributed by atoms with Crippen LogP contribution in [0.2, 0.25) is 0 Å². The van der Waals surface area contributed by atoms with E-state index in [2.05, 4.69) is 27.3 Å². The molecule has 0 amide bonds. The van der Waals surface area contributed by atoms with Gasteiger partial charge in [0.2, 0.25) is 0 Å². The molecule has 0 aliphatic heterocycles. The van der Waals surface area contributed by atoms with Gasteiger partial charge >= 0.3 is 6.61 Å². The molecular formula is C15H24F2IN3O2S. The fraction of sp³-hybridized carbons (Fsp3) is 0.533. The highest BCUT2D eigenvalue weighted by atomic mass is 127. The summed E-state index contributed by atoms with van der Waals surface area (Å²) < 4.78 is 34.6. The molecule has 0 fully saturated rings. The van der Waals surface area contributed by atoms with Crippen molar-refractivity contribution in [1.29, 1.82) is 0 Å². The summed E-state index contributed by atoms with van der Waals surface area (Å²) in [7, 11) is 3.17. The number of thioether (sulfide) groups is 1. The van der Waals surface area contributed by atoms with Crippen LogP contribution in [-0.4, -0.2) is 44.8 Å². The fourth-order valence-corrected chi connectivity index (χ4v) is 2.01. The molecular weight excluding hydrogens is 451 g/mol. The van der Waals surface area contributed by atoms with Gasteiger partial charge in [0.05, 0.1) is 7.11 Å². The van der Waals surface area contributed by atoms with Gasteiger partial charge in [-0.15, -0.1) is 24.0 Å². The lowest BCUT2D eigenvalue weighted by molar-refractivity contribution is -0.0504. The van der Waals surface area contributed by atoms with Crippen molar-refractivity contribution in [3.05, 3.63) is 23.8 Å². The molecule has 138 valence electrons. The summed E-state index contributed by atoms with van der Waals surface area (Å²) in [6.45, 7) is 0.259. The topological polar surface area (TPSA) is 54.9 Å². The van der Waals surface area contributed by atoms with Crippen molar-refractivity contribution in [3.63, 3.8) is 0 Å². The van der Waals surface area contributed by atoms with Crippen molar-refractivity contribution in [2.24, 2.45) is 4.99 Å². The summed E-state index contributed by atoms with van der Waals surface area (Å²) in [6, 6.07) is 4.70. The summed E-state index contributed by atoms with van der Waals surface area (Å²) in [4.78, 5) is 4.11. The second kappa shape index (κ2) is 12.4. The number of alkyl halides is 2. The van der Waals surface area contributed by atoms with Crippen molar-refractivity contribution in [2.45, 2.75) is 25.3 Å². The Morgan fingerprint density at radius 3 is 2.58 bits per heavy atom. The number of ether oxygens (including phenoxy) is 2. The van der Waals surface area contributed by atoms with Crippen molar-refractivity contribution in [1.82, 2.24) is 10.6 Å². The summed E-state index contributed by atoms with van der Waals surface area (Å²) >= 11 is 1.74. The molecule has 0 spiro atoms. The Morgan fingerprint density at radius 1 is 1.33 bits per heavy atom. The van der Waals surface area contributed by atoms with Gasteiger partial charge in [0.25, 0.3) is 0 Å². The van der Waals surface area contributed by atoms with E-state index in [9.17, 15) is 8.78 Å². The molecule has 1 rings (SSSR count). The number of rotatable bonds is 8. The lowest BCUT2D eigenvalue weighted by Crippen LogP contribution is -2.39. The van der Waals surface area contributed by atoms with Crippen LogP contribution in [0.25, 0.3) is 0 Å². The molecule has 1 unspecified atom stereocenters. The van der Waals surface area contributed by atoms with Gasteiger partial charge in [0.15, 0.2) is 5.96 Å². The lowest BCUT2D eigenvalue weighted by Gasteiger charge is -2.16. The number of hydrogen-bond donors (Lipinski definition) is 2. The van der Waals surface area contributed by atoms with Crippen LogP contribution in [0.3, 0.4) is 0 Å². The molecule has 0 aliphatic carbocycles. The van der Waals surface area contributed by atoms with Crippen LogP contribution in [0, 0.1) is 0 Å². The molecule has 0 aliphatic rings. The van der Waals surface area contributed by atoms with Gasteiger partial charge in [-0.05, 0) is 24.5 Å². The first kappa shape index (κ1) is 23.0. The van der Waals surface area contributed by atoms with Crippen LogP contribution < -0.4 is 20.1 Å². The van der Waals surface area contributed by atoms with Crippen LogP contribution in [0.15, 0.2) is 23.2 Å². The van der Waals surface area contributed by atoms with Crippen LogP contribution in [0.1, 0.15) is 12.5 Å². The van der Waals surface area contributed by atoms with Crippen LogP contribution in [-0.2, 0) is 6.54 Å². The number of methoxy groups -OCH3 is 1. The quantitative estimate of drug-likeness (QED) is 0.343. The predicted molar refractivity (Wildman–Crippen MR) is 106 cm³/mol. The average Bonchev–Trinajstić information content (AvgIpc) is 2.55. The number of benzene rings is 1. The van der Waals surface area contributed by atoms with E-state index in [4.69, 9.17) is 4.74 Å². The molecule has 1 aromatic carbocycles. The van der Waals surface area contributed by atoms with Crippen molar-refractivity contribution >= 4 is 41.7 Å². The minimum absolute atomic E-state index is 0. The van der Waals surface area contributed by atoms with Gasteiger partial charge in [-0.1, -0.05) is 6.92 Å². The number of guanidine groups is 1. The second-order valence-electron chi connectivity index (χ2n) is 4.71. The molecule has 0 saturated carbocycles. The molecule has 0 aromatic heterocycles. The largest absolute Gasteiger partial charge is 0.497 e. The van der Waals surface area contributed by atoms with Gasteiger partial charge in [0.1, 0.15) is 11.5 Å². The zero-order chi connectivity index (χ0) is 17.2. The fourth-order valence-electron chi connectivity index (χ4n) is 1.76. The Labute approximate surface area is 163 Å². The third-order valence-corrected chi connectivity index (χ3v) is 4.08. The Morgan fingerprint density at radius 2 is 2.04 bits per heavy atom. The molecule has 2 N–H and O–H groups in total. The molecule has 1 aromatic rings. The van der Waals surface area contributed by atoms with Crippen LogP contribution in [0.5, 0.6) is 11.5 Å². The number of halogens is 3.